The minimum atomic E-state index is -0.318. The number of amides is 3. The summed E-state index contributed by atoms with van der Waals surface area (Å²) >= 11 is 0. The number of carbonyl (C=O) groups is 2. The van der Waals surface area contributed by atoms with E-state index in [1.54, 1.807) is 0 Å². The lowest BCUT2D eigenvalue weighted by Crippen LogP contribution is -2.51. The molecule has 1 aliphatic carbocycles. The van der Waals surface area contributed by atoms with E-state index in [1.165, 1.54) is 19.3 Å². The zero-order chi connectivity index (χ0) is 17.8. The smallest absolute Gasteiger partial charge is 0.321 e. The van der Waals surface area contributed by atoms with Gasteiger partial charge >= 0.3 is 6.03 Å². The average molecular weight is 351 g/mol. The van der Waals surface area contributed by atoms with Crippen molar-refractivity contribution in [3.8, 4) is 0 Å². The molecule has 25 heavy (non-hydrogen) atoms. The summed E-state index contributed by atoms with van der Waals surface area (Å²) in [7, 11) is 0. The fourth-order valence-corrected chi connectivity index (χ4v) is 4.85. The van der Waals surface area contributed by atoms with Crippen molar-refractivity contribution in [2.75, 3.05) is 26.2 Å². The van der Waals surface area contributed by atoms with Crippen molar-refractivity contribution in [2.45, 2.75) is 76.9 Å². The van der Waals surface area contributed by atoms with Crippen molar-refractivity contribution < 1.29 is 9.59 Å². The number of carbonyl (C=O) groups excluding carboxylic acids is 2. The molecular formula is C19H34N4O2. The van der Waals surface area contributed by atoms with Gasteiger partial charge in [0, 0.05) is 24.7 Å². The molecule has 2 heterocycles. The predicted molar refractivity (Wildman–Crippen MR) is 98.3 cm³/mol. The lowest BCUT2D eigenvalue weighted by Gasteiger charge is -2.30. The molecule has 0 aromatic carbocycles. The number of imide groups is 1. The van der Waals surface area contributed by atoms with E-state index >= 15 is 0 Å². The van der Waals surface area contributed by atoms with Crippen molar-refractivity contribution >= 4 is 11.9 Å². The third-order valence-electron chi connectivity index (χ3n) is 6.47. The van der Waals surface area contributed by atoms with Crippen LogP contribution in [-0.4, -0.2) is 66.0 Å². The molecule has 1 saturated carbocycles. The summed E-state index contributed by atoms with van der Waals surface area (Å²) < 4.78 is 0. The van der Waals surface area contributed by atoms with Crippen LogP contribution < -0.4 is 10.6 Å². The molecule has 0 spiro atoms. The van der Waals surface area contributed by atoms with Gasteiger partial charge in [0.15, 0.2) is 0 Å². The molecule has 3 amide bonds. The molecule has 2 aliphatic heterocycles. The van der Waals surface area contributed by atoms with Crippen LogP contribution in [0.4, 0.5) is 4.79 Å². The van der Waals surface area contributed by atoms with E-state index in [1.807, 2.05) is 0 Å². The van der Waals surface area contributed by atoms with Gasteiger partial charge in [0.1, 0.15) is 0 Å². The summed E-state index contributed by atoms with van der Waals surface area (Å²) in [6, 6.07) is 0.837. The Kier molecular flexibility index (Phi) is 6.34. The van der Waals surface area contributed by atoms with Crippen molar-refractivity contribution in [3.63, 3.8) is 0 Å². The van der Waals surface area contributed by atoms with E-state index in [2.05, 4.69) is 34.3 Å². The summed E-state index contributed by atoms with van der Waals surface area (Å²) in [4.78, 5) is 29.4. The third kappa shape index (κ3) is 4.73. The van der Waals surface area contributed by atoms with Gasteiger partial charge in [-0.15, -0.1) is 0 Å². The zero-order valence-corrected chi connectivity index (χ0v) is 15.8. The summed E-state index contributed by atoms with van der Waals surface area (Å²) in [5, 5.41) is 5.57. The summed E-state index contributed by atoms with van der Waals surface area (Å²) in [5.74, 6) is 0.332. The van der Waals surface area contributed by atoms with E-state index in [-0.39, 0.29) is 18.0 Å². The number of hydrogen-bond acceptors (Lipinski definition) is 4. The van der Waals surface area contributed by atoms with Crippen LogP contribution >= 0.6 is 0 Å². The molecule has 4 atom stereocenters. The number of likely N-dealkylation sites (tertiary alicyclic amines) is 1. The number of hydrogen-bond donors (Lipinski definition) is 2. The zero-order valence-electron chi connectivity index (χ0n) is 15.8. The molecule has 2 saturated heterocycles. The molecule has 3 rings (SSSR count). The second-order valence-corrected chi connectivity index (χ2v) is 8.13. The molecule has 2 N–H and O–H groups in total. The Bertz CT molecular complexity index is 484. The Balaban J connectivity index is 1.48. The highest BCUT2D eigenvalue weighted by molar-refractivity contribution is 5.95. The fourth-order valence-electron chi connectivity index (χ4n) is 4.85. The van der Waals surface area contributed by atoms with Gasteiger partial charge in [0.05, 0.1) is 6.54 Å². The first-order chi connectivity index (χ1) is 12.1. The molecule has 2 bridgehead atoms. The Morgan fingerprint density at radius 3 is 2.56 bits per heavy atom. The number of urea groups is 1. The number of likely N-dealkylation sites (N-methyl/N-ethyl adjacent to an activating group) is 1. The first-order valence-corrected chi connectivity index (χ1v) is 10.1. The maximum Gasteiger partial charge on any atom is 0.321 e. The highest BCUT2D eigenvalue weighted by atomic mass is 16.2. The van der Waals surface area contributed by atoms with Gasteiger partial charge in [-0.05, 0) is 51.1 Å². The SMILES string of the molecule is CCN1CCC2CCC(C1)N2CC(=O)NC(=O)NC1CCCCC1C. The van der Waals surface area contributed by atoms with Crippen LogP contribution in [0.3, 0.4) is 0 Å². The molecule has 6 nitrogen and oxygen atoms in total. The lowest BCUT2D eigenvalue weighted by atomic mass is 9.86. The molecule has 6 heteroatoms. The highest BCUT2D eigenvalue weighted by Crippen LogP contribution is 2.29. The predicted octanol–water partition coefficient (Wildman–Crippen LogP) is 1.95. The van der Waals surface area contributed by atoms with E-state index in [0.717, 1.165) is 45.3 Å². The van der Waals surface area contributed by atoms with Crippen LogP contribution in [0, 0.1) is 5.92 Å². The second kappa shape index (κ2) is 8.49. The van der Waals surface area contributed by atoms with Gasteiger partial charge in [-0.2, -0.15) is 0 Å². The first kappa shape index (κ1) is 18.6. The summed E-state index contributed by atoms with van der Waals surface area (Å²) in [5.41, 5.74) is 0. The van der Waals surface area contributed by atoms with E-state index in [4.69, 9.17) is 0 Å². The van der Waals surface area contributed by atoms with Crippen LogP contribution in [0.25, 0.3) is 0 Å². The average Bonchev–Trinajstić information content (AvgIpc) is 2.83. The normalized spacial score (nSPS) is 33.7. The highest BCUT2D eigenvalue weighted by Gasteiger charge is 2.37. The number of fused-ring (bicyclic) bond motifs is 2. The van der Waals surface area contributed by atoms with E-state index < -0.39 is 0 Å². The van der Waals surface area contributed by atoms with Crippen LogP contribution in [0.1, 0.15) is 58.8 Å². The summed E-state index contributed by atoms with van der Waals surface area (Å²) in [6.07, 6.45) is 8.06. The molecule has 142 valence electrons. The Labute approximate surface area is 151 Å². The molecule has 0 aromatic heterocycles. The van der Waals surface area contributed by atoms with Crippen LogP contribution in [0.15, 0.2) is 0 Å². The molecule has 0 aromatic rings. The first-order valence-electron chi connectivity index (χ1n) is 10.1. The van der Waals surface area contributed by atoms with Gasteiger partial charge < -0.3 is 10.2 Å². The Morgan fingerprint density at radius 2 is 1.80 bits per heavy atom. The topological polar surface area (TPSA) is 64.7 Å². The van der Waals surface area contributed by atoms with Crippen molar-refractivity contribution in [2.24, 2.45) is 5.92 Å². The maximum atomic E-state index is 12.4. The lowest BCUT2D eigenvalue weighted by molar-refractivity contribution is -0.121. The number of rotatable bonds is 4. The minimum absolute atomic E-state index is 0.164. The van der Waals surface area contributed by atoms with E-state index in [9.17, 15) is 9.59 Å². The van der Waals surface area contributed by atoms with Gasteiger partial charge in [-0.3, -0.25) is 15.0 Å². The van der Waals surface area contributed by atoms with Gasteiger partial charge in [0.25, 0.3) is 0 Å². The van der Waals surface area contributed by atoms with Crippen molar-refractivity contribution in [3.05, 3.63) is 0 Å². The van der Waals surface area contributed by atoms with Crippen LogP contribution in [0.2, 0.25) is 0 Å². The third-order valence-corrected chi connectivity index (χ3v) is 6.47. The van der Waals surface area contributed by atoms with Crippen LogP contribution in [0.5, 0.6) is 0 Å². The van der Waals surface area contributed by atoms with Crippen LogP contribution in [-0.2, 0) is 4.79 Å². The molecule has 3 fully saturated rings. The molecule has 0 radical (unpaired) electrons. The molecular weight excluding hydrogens is 316 g/mol. The van der Waals surface area contributed by atoms with Crippen molar-refractivity contribution in [1.29, 1.82) is 0 Å². The quantitative estimate of drug-likeness (QED) is 0.813. The fraction of sp³-hybridized carbons (Fsp3) is 0.895. The van der Waals surface area contributed by atoms with Crippen molar-refractivity contribution in [1.82, 2.24) is 20.4 Å². The Hall–Kier alpha value is -1.14. The second-order valence-electron chi connectivity index (χ2n) is 8.13. The standard InChI is InChI=1S/C19H34N4O2/c1-3-22-11-10-15-8-9-16(12-22)23(15)13-18(24)21-19(25)20-17-7-5-4-6-14(17)2/h14-17H,3-13H2,1-2H3,(H2,20,21,24,25). The minimum Gasteiger partial charge on any atom is -0.335 e. The monoisotopic (exact) mass is 350 g/mol. The van der Waals surface area contributed by atoms with Gasteiger partial charge in [-0.25, -0.2) is 4.79 Å². The van der Waals surface area contributed by atoms with Gasteiger partial charge in [0.2, 0.25) is 5.91 Å². The Morgan fingerprint density at radius 1 is 1.04 bits per heavy atom. The number of nitrogens with zero attached hydrogens (tertiary/aromatic N) is 2. The summed E-state index contributed by atoms with van der Waals surface area (Å²) in [6.45, 7) is 7.97. The number of nitrogens with one attached hydrogen (secondary N) is 2. The molecule has 4 unspecified atom stereocenters. The van der Waals surface area contributed by atoms with Gasteiger partial charge in [-0.1, -0.05) is 26.7 Å². The largest absolute Gasteiger partial charge is 0.335 e. The molecule has 3 aliphatic rings. The maximum absolute atomic E-state index is 12.4. The van der Waals surface area contributed by atoms with E-state index in [0.29, 0.717) is 24.5 Å².